The fourth-order valence-corrected chi connectivity index (χ4v) is 0.659. The average Bonchev–Trinajstić information content (AvgIpc) is 1.82. The molecule has 0 aliphatic carbocycles. The summed E-state index contributed by atoms with van der Waals surface area (Å²) in [6.45, 7) is 5.24. The summed E-state index contributed by atoms with van der Waals surface area (Å²) in [4.78, 5) is 10.4. The summed E-state index contributed by atoms with van der Waals surface area (Å²) in [5.74, 6) is -0.211. The Morgan fingerprint density at radius 1 is 1.70 bits per heavy atom. The number of hydrogen-bond acceptors (Lipinski definition) is 2. The molecule has 58 valence electrons. The molecule has 0 aliphatic heterocycles. The predicted molar refractivity (Wildman–Crippen MR) is 40.7 cm³/mol. The lowest BCUT2D eigenvalue weighted by molar-refractivity contribution is -0.145. The Hall–Kier alpha value is -0.790. The van der Waals surface area contributed by atoms with Gasteiger partial charge in [0.1, 0.15) is 6.10 Å². The minimum atomic E-state index is -0.211. The van der Waals surface area contributed by atoms with E-state index in [1.807, 2.05) is 26.0 Å². The van der Waals surface area contributed by atoms with Gasteiger partial charge in [0, 0.05) is 13.3 Å². The molecule has 1 atom stereocenters. The van der Waals surface area contributed by atoms with Crippen LogP contribution in [0.25, 0.3) is 0 Å². The van der Waals surface area contributed by atoms with E-state index >= 15 is 0 Å². The van der Waals surface area contributed by atoms with Gasteiger partial charge in [-0.2, -0.15) is 0 Å². The fraction of sp³-hybridized carbons (Fsp3) is 0.625. The van der Waals surface area contributed by atoms with Crippen LogP contribution in [0.3, 0.4) is 0 Å². The van der Waals surface area contributed by atoms with E-state index in [4.69, 9.17) is 4.74 Å². The van der Waals surface area contributed by atoms with Gasteiger partial charge in [0.2, 0.25) is 0 Å². The topological polar surface area (TPSA) is 26.3 Å². The molecule has 0 aromatic rings. The third-order valence-electron chi connectivity index (χ3n) is 1.07. The zero-order valence-corrected chi connectivity index (χ0v) is 6.76. The number of hydrogen-bond donors (Lipinski definition) is 0. The lowest BCUT2D eigenvalue weighted by Gasteiger charge is -2.07. The van der Waals surface area contributed by atoms with Crippen LogP contribution in [0.15, 0.2) is 12.2 Å². The van der Waals surface area contributed by atoms with E-state index in [2.05, 4.69) is 0 Å². The molecule has 0 radical (unpaired) electrons. The van der Waals surface area contributed by atoms with Crippen LogP contribution in [-0.4, -0.2) is 12.1 Å². The largest absolute Gasteiger partial charge is 0.463 e. The molecule has 2 nitrogen and oxygen atoms in total. The van der Waals surface area contributed by atoms with Gasteiger partial charge in [0.05, 0.1) is 0 Å². The second-order valence-corrected chi connectivity index (χ2v) is 2.22. The summed E-state index contributed by atoms with van der Waals surface area (Å²) in [6, 6.07) is 0. The van der Waals surface area contributed by atoms with E-state index in [1.165, 1.54) is 6.92 Å². The molecule has 0 N–H and O–H groups in total. The minimum absolute atomic E-state index is 0.00806. The van der Waals surface area contributed by atoms with Crippen molar-refractivity contribution in [3.63, 3.8) is 0 Å². The van der Waals surface area contributed by atoms with Crippen LogP contribution in [0, 0.1) is 0 Å². The zero-order valence-electron chi connectivity index (χ0n) is 6.76. The summed E-state index contributed by atoms with van der Waals surface area (Å²) in [7, 11) is 0. The van der Waals surface area contributed by atoms with E-state index in [9.17, 15) is 4.79 Å². The summed E-state index contributed by atoms with van der Waals surface area (Å²) in [5, 5.41) is 0. The van der Waals surface area contributed by atoms with Crippen molar-refractivity contribution >= 4 is 5.97 Å². The van der Waals surface area contributed by atoms with Crippen LogP contribution >= 0.6 is 0 Å². The molecule has 0 aliphatic rings. The van der Waals surface area contributed by atoms with E-state index in [-0.39, 0.29) is 12.1 Å². The number of rotatable bonds is 3. The van der Waals surface area contributed by atoms with E-state index in [0.29, 0.717) is 0 Å². The van der Waals surface area contributed by atoms with Crippen molar-refractivity contribution in [1.82, 2.24) is 0 Å². The smallest absolute Gasteiger partial charge is 0.302 e. The summed E-state index contributed by atoms with van der Waals surface area (Å²) in [6.07, 6.45) is 4.73. The molecule has 2 heteroatoms. The molecule has 0 aromatic heterocycles. The zero-order chi connectivity index (χ0) is 7.98. The standard InChI is InChI=1S/C8H14O2/c1-4-5-6-7(2)10-8(3)9/h4-5,7H,6H2,1-3H3. The van der Waals surface area contributed by atoms with Crippen LogP contribution in [0.2, 0.25) is 0 Å². The molecule has 0 spiro atoms. The van der Waals surface area contributed by atoms with E-state index in [0.717, 1.165) is 6.42 Å². The monoisotopic (exact) mass is 142 g/mol. The van der Waals surface area contributed by atoms with Gasteiger partial charge >= 0.3 is 5.97 Å². The highest BCUT2D eigenvalue weighted by Gasteiger charge is 2.00. The van der Waals surface area contributed by atoms with Gasteiger partial charge < -0.3 is 4.74 Å². The van der Waals surface area contributed by atoms with Crippen LogP contribution in [0.1, 0.15) is 27.2 Å². The minimum Gasteiger partial charge on any atom is -0.463 e. The Morgan fingerprint density at radius 3 is 2.70 bits per heavy atom. The molecule has 0 amide bonds. The number of carbonyl (C=O) groups excluding carboxylic acids is 1. The van der Waals surface area contributed by atoms with Gasteiger partial charge in [0.15, 0.2) is 0 Å². The first-order valence-electron chi connectivity index (χ1n) is 3.45. The second kappa shape index (κ2) is 5.03. The molecular formula is C8H14O2. The van der Waals surface area contributed by atoms with Gasteiger partial charge in [-0.3, -0.25) is 4.79 Å². The van der Waals surface area contributed by atoms with Gasteiger partial charge in [-0.1, -0.05) is 12.2 Å². The van der Waals surface area contributed by atoms with Gasteiger partial charge in [-0.05, 0) is 13.8 Å². The SMILES string of the molecule is CC=CCC(C)OC(C)=O. The Bertz CT molecular complexity index is 127. The Balaban J connectivity index is 3.43. The highest BCUT2D eigenvalue weighted by molar-refractivity contribution is 5.66. The summed E-state index contributed by atoms with van der Waals surface area (Å²) < 4.78 is 4.86. The lowest BCUT2D eigenvalue weighted by atomic mass is 10.3. The number of ether oxygens (including phenoxy) is 1. The van der Waals surface area contributed by atoms with Crippen molar-refractivity contribution in [3.05, 3.63) is 12.2 Å². The Labute approximate surface area is 61.9 Å². The molecule has 0 saturated heterocycles. The second-order valence-electron chi connectivity index (χ2n) is 2.22. The quantitative estimate of drug-likeness (QED) is 0.444. The maximum Gasteiger partial charge on any atom is 0.302 e. The van der Waals surface area contributed by atoms with Crippen LogP contribution in [-0.2, 0) is 9.53 Å². The fourth-order valence-electron chi connectivity index (χ4n) is 0.659. The highest BCUT2D eigenvalue weighted by Crippen LogP contribution is 1.98. The summed E-state index contributed by atoms with van der Waals surface area (Å²) >= 11 is 0. The molecule has 0 aromatic carbocycles. The first-order chi connectivity index (χ1) is 4.66. The van der Waals surface area contributed by atoms with Crippen molar-refractivity contribution in [3.8, 4) is 0 Å². The molecule has 0 fully saturated rings. The average molecular weight is 142 g/mol. The number of esters is 1. The highest BCUT2D eigenvalue weighted by atomic mass is 16.5. The Kier molecular flexibility index (Phi) is 4.63. The predicted octanol–water partition coefficient (Wildman–Crippen LogP) is 1.90. The number of allylic oxidation sites excluding steroid dienone is 1. The van der Waals surface area contributed by atoms with Gasteiger partial charge in [-0.25, -0.2) is 0 Å². The van der Waals surface area contributed by atoms with Gasteiger partial charge in [0.25, 0.3) is 0 Å². The van der Waals surface area contributed by atoms with Crippen molar-refractivity contribution in [2.75, 3.05) is 0 Å². The van der Waals surface area contributed by atoms with Gasteiger partial charge in [-0.15, -0.1) is 0 Å². The number of carbonyl (C=O) groups is 1. The van der Waals surface area contributed by atoms with Crippen molar-refractivity contribution in [2.45, 2.75) is 33.3 Å². The maximum absolute atomic E-state index is 10.4. The molecule has 0 rings (SSSR count). The lowest BCUT2D eigenvalue weighted by Crippen LogP contribution is -2.10. The normalized spacial score (nSPS) is 13.5. The molecule has 0 saturated carbocycles. The van der Waals surface area contributed by atoms with E-state index in [1.54, 1.807) is 0 Å². The molecule has 10 heavy (non-hydrogen) atoms. The first-order valence-corrected chi connectivity index (χ1v) is 3.45. The van der Waals surface area contributed by atoms with Crippen LogP contribution < -0.4 is 0 Å². The van der Waals surface area contributed by atoms with Crippen LogP contribution in [0.5, 0.6) is 0 Å². The third-order valence-corrected chi connectivity index (χ3v) is 1.07. The van der Waals surface area contributed by atoms with Crippen molar-refractivity contribution in [1.29, 1.82) is 0 Å². The van der Waals surface area contributed by atoms with Crippen molar-refractivity contribution in [2.24, 2.45) is 0 Å². The van der Waals surface area contributed by atoms with E-state index < -0.39 is 0 Å². The van der Waals surface area contributed by atoms with Crippen LogP contribution in [0.4, 0.5) is 0 Å². The maximum atomic E-state index is 10.4. The summed E-state index contributed by atoms with van der Waals surface area (Å²) in [5.41, 5.74) is 0. The first kappa shape index (κ1) is 9.21. The van der Waals surface area contributed by atoms with Crippen molar-refractivity contribution < 1.29 is 9.53 Å². The molecular weight excluding hydrogens is 128 g/mol. The molecule has 0 bridgehead atoms. The molecule has 0 heterocycles. The Morgan fingerprint density at radius 2 is 2.30 bits per heavy atom. The third kappa shape index (κ3) is 5.35. The molecule has 1 unspecified atom stereocenters.